The first-order valence-electron chi connectivity index (χ1n) is 9.46. The van der Waals surface area contributed by atoms with Crippen LogP contribution in [0.4, 0.5) is 0 Å². The zero-order valence-electron chi connectivity index (χ0n) is 15.7. The highest BCUT2D eigenvalue weighted by molar-refractivity contribution is 5.34. The van der Waals surface area contributed by atoms with Gasteiger partial charge in [-0.05, 0) is 36.8 Å². The van der Waals surface area contributed by atoms with Gasteiger partial charge >= 0.3 is 0 Å². The van der Waals surface area contributed by atoms with Gasteiger partial charge in [0.1, 0.15) is 11.5 Å². The molecule has 0 aliphatic carbocycles. The average molecular weight is 366 g/mol. The molecule has 1 fully saturated rings. The lowest BCUT2D eigenvalue weighted by atomic mass is 10.1. The molecule has 0 bridgehead atoms. The fourth-order valence-corrected chi connectivity index (χ4v) is 3.48. The highest BCUT2D eigenvalue weighted by Crippen LogP contribution is 2.23. The van der Waals surface area contributed by atoms with Crippen LogP contribution in [-0.4, -0.2) is 47.3 Å². The van der Waals surface area contributed by atoms with E-state index in [-0.39, 0.29) is 6.04 Å². The number of imidazole rings is 1. The fourth-order valence-electron chi connectivity index (χ4n) is 3.48. The third-order valence-electron chi connectivity index (χ3n) is 4.98. The molecule has 6 nitrogen and oxygen atoms in total. The van der Waals surface area contributed by atoms with Crippen molar-refractivity contribution in [2.24, 2.45) is 0 Å². The second-order valence-corrected chi connectivity index (χ2v) is 6.88. The number of aromatic nitrogens is 2. The van der Waals surface area contributed by atoms with Crippen LogP contribution >= 0.6 is 0 Å². The van der Waals surface area contributed by atoms with Gasteiger partial charge in [-0.15, -0.1) is 0 Å². The van der Waals surface area contributed by atoms with Crippen LogP contribution in [0.5, 0.6) is 0 Å². The molecule has 3 aromatic rings. The van der Waals surface area contributed by atoms with Gasteiger partial charge in [0.05, 0.1) is 25.6 Å². The first-order valence-corrected chi connectivity index (χ1v) is 9.46. The van der Waals surface area contributed by atoms with Gasteiger partial charge < -0.3 is 19.0 Å². The van der Waals surface area contributed by atoms with Crippen molar-refractivity contribution >= 4 is 0 Å². The van der Waals surface area contributed by atoms with Gasteiger partial charge in [-0.3, -0.25) is 4.90 Å². The normalized spacial score (nSPS) is 16.5. The molecule has 0 amide bonds. The number of nitrogens with one attached hydrogen (secondary N) is 1. The van der Waals surface area contributed by atoms with E-state index >= 15 is 0 Å². The minimum atomic E-state index is 0.229. The lowest BCUT2D eigenvalue weighted by Gasteiger charge is -2.33. The molecule has 142 valence electrons. The summed E-state index contributed by atoms with van der Waals surface area (Å²) in [4.78, 5) is 6.53. The smallest absolute Gasteiger partial charge is 0.122 e. The Balaban J connectivity index is 1.37. The van der Waals surface area contributed by atoms with E-state index in [1.54, 1.807) is 6.20 Å². The molecule has 0 unspecified atom stereocenters. The van der Waals surface area contributed by atoms with Crippen LogP contribution in [0.2, 0.25) is 0 Å². The van der Waals surface area contributed by atoms with E-state index < -0.39 is 0 Å². The quantitative estimate of drug-likeness (QED) is 0.697. The van der Waals surface area contributed by atoms with E-state index in [4.69, 9.17) is 9.15 Å². The zero-order valence-corrected chi connectivity index (χ0v) is 15.7. The van der Waals surface area contributed by atoms with Gasteiger partial charge in [-0.1, -0.05) is 12.1 Å². The minimum absolute atomic E-state index is 0.229. The molecule has 1 atom stereocenters. The number of ether oxygens (including phenoxy) is 1. The van der Waals surface area contributed by atoms with E-state index in [2.05, 4.69) is 45.5 Å². The van der Waals surface area contributed by atoms with Gasteiger partial charge in [-0.25, -0.2) is 4.98 Å². The molecule has 3 heterocycles. The number of hydrogen-bond acceptors (Lipinski definition) is 5. The Kier molecular flexibility index (Phi) is 5.67. The topological polar surface area (TPSA) is 55.5 Å². The van der Waals surface area contributed by atoms with E-state index in [9.17, 15) is 0 Å². The van der Waals surface area contributed by atoms with Crippen molar-refractivity contribution in [1.82, 2.24) is 19.8 Å². The predicted octanol–water partition coefficient (Wildman–Crippen LogP) is 2.94. The van der Waals surface area contributed by atoms with Crippen molar-refractivity contribution < 1.29 is 9.15 Å². The maximum atomic E-state index is 5.93. The van der Waals surface area contributed by atoms with Crippen LogP contribution < -0.4 is 5.32 Å². The SMILES string of the molecule is Cc1ccc([C@@H](CNCc2ccc(-n3ccnc3)cc2)N2CCOCC2)o1. The summed E-state index contributed by atoms with van der Waals surface area (Å²) < 4.78 is 13.4. The number of benzene rings is 1. The Morgan fingerprint density at radius 3 is 2.59 bits per heavy atom. The highest BCUT2D eigenvalue weighted by Gasteiger charge is 2.24. The van der Waals surface area contributed by atoms with Crippen molar-refractivity contribution in [2.45, 2.75) is 19.5 Å². The molecule has 6 heteroatoms. The third-order valence-corrected chi connectivity index (χ3v) is 4.98. The number of furan rings is 1. The molecule has 1 saturated heterocycles. The van der Waals surface area contributed by atoms with Crippen LogP contribution in [0.3, 0.4) is 0 Å². The molecule has 0 radical (unpaired) electrons. The molecule has 1 aliphatic rings. The average Bonchev–Trinajstić information content (AvgIpc) is 3.39. The van der Waals surface area contributed by atoms with Crippen molar-refractivity contribution in [3.8, 4) is 5.69 Å². The van der Waals surface area contributed by atoms with Gasteiger partial charge in [0.25, 0.3) is 0 Å². The Morgan fingerprint density at radius 1 is 1.11 bits per heavy atom. The van der Waals surface area contributed by atoms with Crippen LogP contribution in [-0.2, 0) is 11.3 Å². The summed E-state index contributed by atoms with van der Waals surface area (Å²) in [7, 11) is 0. The number of morpholine rings is 1. The summed E-state index contributed by atoms with van der Waals surface area (Å²) in [6, 6.07) is 12.9. The number of aryl methyl sites for hydroxylation is 1. The predicted molar refractivity (Wildman–Crippen MR) is 104 cm³/mol. The summed E-state index contributed by atoms with van der Waals surface area (Å²) in [6.07, 6.45) is 5.55. The van der Waals surface area contributed by atoms with E-state index in [1.165, 1.54) is 5.56 Å². The third kappa shape index (κ3) is 4.47. The lowest BCUT2D eigenvalue weighted by molar-refractivity contribution is 0.0115. The second-order valence-electron chi connectivity index (χ2n) is 6.88. The summed E-state index contributed by atoms with van der Waals surface area (Å²) in [5, 5.41) is 3.60. The Bertz CT molecular complexity index is 820. The van der Waals surface area contributed by atoms with Crippen LogP contribution in [0.25, 0.3) is 5.69 Å². The van der Waals surface area contributed by atoms with Crippen LogP contribution in [0, 0.1) is 6.92 Å². The maximum absolute atomic E-state index is 5.93. The van der Waals surface area contributed by atoms with Gasteiger partial charge in [0.2, 0.25) is 0 Å². The first-order chi connectivity index (χ1) is 13.3. The van der Waals surface area contributed by atoms with E-state index in [1.807, 2.05) is 30.1 Å². The lowest BCUT2D eigenvalue weighted by Crippen LogP contribution is -2.42. The number of hydrogen-bond donors (Lipinski definition) is 1. The number of nitrogens with zero attached hydrogens (tertiary/aromatic N) is 3. The second kappa shape index (κ2) is 8.52. The Labute approximate surface area is 159 Å². The summed E-state index contributed by atoms with van der Waals surface area (Å²) >= 11 is 0. The Hall–Kier alpha value is -2.41. The van der Waals surface area contributed by atoms with Crippen LogP contribution in [0.1, 0.15) is 23.1 Å². The number of rotatable bonds is 7. The summed E-state index contributed by atoms with van der Waals surface area (Å²) in [5.41, 5.74) is 2.38. The molecule has 0 saturated carbocycles. The maximum Gasteiger partial charge on any atom is 0.122 e. The molecule has 4 rings (SSSR count). The van der Waals surface area contributed by atoms with Crippen LogP contribution in [0.15, 0.2) is 59.5 Å². The van der Waals surface area contributed by atoms with Crippen molar-refractivity contribution in [3.05, 3.63) is 72.2 Å². The van der Waals surface area contributed by atoms with Crippen molar-refractivity contribution in [1.29, 1.82) is 0 Å². The van der Waals surface area contributed by atoms with Gasteiger partial charge in [0.15, 0.2) is 0 Å². The Morgan fingerprint density at radius 2 is 1.93 bits per heavy atom. The molecular formula is C21H26N4O2. The largest absolute Gasteiger partial charge is 0.465 e. The molecule has 1 N–H and O–H groups in total. The highest BCUT2D eigenvalue weighted by atomic mass is 16.5. The molecule has 27 heavy (non-hydrogen) atoms. The molecule has 1 aromatic carbocycles. The van der Waals surface area contributed by atoms with Crippen molar-refractivity contribution in [3.63, 3.8) is 0 Å². The van der Waals surface area contributed by atoms with Gasteiger partial charge in [0, 0.05) is 44.3 Å². The molecule has 0 spiro atoms. The van der Waals surface area contributed by atoms with E-state index in [0.29, 0.717) is 0 Å². The molecule has 2 aromatic heterocycles. The van der Waals surface area contributed by atoms with E-state index in [0.717, 1.165) is 56.6 Å². The fraction of sp³-hybridized carbons (Fsp3) is 0.381. The molecular weight excluding hydrogens is 340 g/mol. The van der Waals surface area contributed by atoms with Crippen molar-refractivity contribution in [2.75, 3.05) is 32.8 Å². The van der Waals surface area contributed by atoms with Gasteiger partial charge in [-0.2, -0.15) is 0 Å². The minimum Gasteiger partial charge on any atom is -0.465 e. The monoisotopic (exact) mass is 366 g/mol. The summed E-state index contributed by atoms with van der Waals surface area (Å²) in [5.74, 6) is 1.98. The molecule has 1 aliphatic heterocycles. The zero-order chi connectivity index (χ0) is 18.5. The summed E-state index contributed by atoms with van der Waals surface area (Å²) in [6.45, 7) is 7.10. The first kappa shape index (κ1) is 18.0. The standard InChI is InChI=1S/C21H26N4O2/c1-17-2-7-21(27-17)20(24-10-12-26-13-11-24)15-23-14-18-3-5-19(6-4-18)25-9-8-22-16-25/h2-9,16,20,23H,10-15H2,1H3/t20-/m1/s1.